The molecule has 0 spiro atoms. The number of hydrogen-bond donors (Lipinski definition) is 1. The van der Waals surface area contributed by atoms with Gasteiger partial charge in [0.25, 0.3) is 0 Å². The first-order chi connectivity index (χ1) is 20.8. The topological polar surface area (TPSA) is 79.4 Å². The van der Waals surface area contributed by atoms with Crippen molar-refractivity contribution in [1.29, 1.82) is 0 Å². The van der Waals surface area contributed by atoms with E-state index in [0.717, 1.165) is 62.9 Å². The number of amides is 2. The van der Waals surface area contributed by atoms with Gasteiger partial charge in [-0.3, -0.25) is 0 Å². The van der Waals surface area contributed by atoms with Crippen LogP contribution in [0.25, 0.3) is 6.08 Å². The van der Waals surface area contributed by atoms with Crippen LogP contribution in [0, 0.1) is 11.6 Å². The Balaban J connectivity index is 1.61. The molecule has 1 atom stereocenters. The summed E-state index contributed by atoms with van der Waals surface area (Å²) in [5.41, 5.74) is 2.84. The van der Waals surface area contributed by atoms with Crippen LogP contribution in [-0.4, -0.2) is 88.3 Å². The van der Waals surface area contributed by atoms with Gasteiger partial charge in [0.05, 0.1) is 14.2 Å². The molecule has 1 fully saturated rings. The normalized spacial score (nSPS) is 20.4. The minimum absolute atomic E-state index is 0.0205. The number of aromatic nitrogens is 1. The Bertz CT molecular complexity index is 1360. The molecule has 2 aromatic rings. The molecular formula is C30H38F2I2N5O4-. The summed E-state index contributed by atoms with van der Waals surface area (Å²) in [6.45, 7) is 8.29. The Morgan fingerprint density at radius 2 is 1.84 bits per heavy atom. The number of rotatable bonds is 11. The van der Waals surface area contributed by atoms with Crippen LogP contribution in [0.5, 0.6) is 11.5 Å². The van der Waals surface area contributed by atoms with Gasteiger partial charge in [-0.25, -0.2) is 0 Å². The van der Waals surface area contributed by atoms with Gasteiger partial charge in [-0.05, 0) is 0 Å². The molecule has 236 valence electrons. The number of halogens is 4. The maximum absolute atomic E-state index is 15.5. The fraction of sp³-hybridized carbons (Fsp3) is 0.533. The van der Waals surface area contributed by atoms with Crippen molar-refractivity contribution >= 4 is 51.9 Å². The molecule has 1 N–H and O–H groups in total. The summed E-state index contributed by atoms with van der Waals surface area (Å²) in [6, 6.07) is 0.612. The average Bonchev–Trinajstić information content (AvgIpc) is 3.02. The van der Waals surface area contributed by atoms with Gasteiger partial charge >= 0.3 is 247 Å². The number of hydrogen-bond acceptors (Lipinski definition) is 7. The molecule has 1 aromatic heterocycles. The Hall–Kier alpha value is -1.98. The Kier molecular flexibility index (Phi) is 10.5. The van der Waals surface area contributed by atoms with Crippen molar-refractivity contribution in [3.05, 3.63) is 40.6 Å². The molecule has 3 aliphatic heterocycles. The number of carbonyl (C=O) groups excluding carboxylic acids is 1. The Labute approximate surface area is 275 Å². The van der Waals surface area contributed by atoms with Crippen molar-refractivity contribution in [2.45, 2.75) is 32.4 Å². The van der Waals surface area contributed by atoms with Gasteiger partial charge in [-0.15, -0.1) is 0 Å². The zero-order valence-corrected chi connectivity index (χ0v) is 29.3. The number of nitrogens with zero attached hydrogens (tertiary/aromatic N) is 4. The van der Waals surface area contributed by atoms with Gasteiger partial charge in [0, 0.05) is 6.07 Å². The predicted octanol–water partition coefficient (Wildman–Crippen LogP) is 2.16. The number of methoxy groups -OCH3 is 2. The number of fused-ring (bicyclic) bond motifs is 3. The van der Waals surface area contributed by atoms with Crippen molar-refractivity contribution in [2.75, 3.05) is 82.0 Å². The number of pyridine rings is 1. The quantitative estimate of drug-likeness (QED) is 0.212. The summed E-state index contributed by atoms with van der Waals surface area (Å²) in [5, 5.41) is 3.84. The monoisotopic (exact) mass is 824 g/mol. The van der Waals surface area contributed by atoms with Crippen LogP contribution in [-0.2, 0) is 11.3 Å². The summed E-state index contributed by atoms with van der Waals surface area (Å²) in [4.78, 5) is 24.0. The van der Waals surface area contributed by atoms with Crippen LogP contribution in [0.3, 0.4) is 0 Å². The van der Waals surface area contributed by atoms with Crippen molar-refractivity contribution in [3.8, 4) is 11.5 Å². The summed E-state index contributed by atoms with van der Waals surface area (Å²) in [5.74, 6) is -1.60. The van der Waals surface area contributed by atoms with Crippen LogP contribution < -0.4 is 45.8 Å². The van der Waals surface area contributed by atoms with E-state index < -0.39 is 23.4 Å². The van der Waals surface area contributed by atoms with Crippen LogP contribution >= 0.6 is 22.6 Å². The second-order valence-corrected chi connectivity index (χ2v) is 14.6. The number of carbonyl (C=O) groups is 1. The summed E-state index contributed by atoms with van der Waals surface area (Å²) in [6.07, 6.45) is 4.87. The second-order valence-electron chi connectivity index (χ2n) is 10.6. The summed E-state index contributed by atoms with van der Waals surface area (Å²) < 4.78 is 50.4. The van der Waals surface area contributed by atoms with E-state index in [1.165, 1.54) is 24.2 Å². The van der Waals surface area contributed by atoms with Gasteiger partial charge in [0.15, 0.2) is 0 Å². The molecule has 2 amide bonds. The summed E-state index contributed by atoms with van der Waals surface area (Å²) in [7, 11) is 2.57. The number of ether oxygens (including phenoxy) is 3. The zero-order valence-electron chi connectivity index (χ0n) is 24.9. The van der Waals surface area contributed by atoms with Crippen molar-refractivity contribution < 1.29 is 49.0 Å². The van der Waals surface area contributed by atoms with Crippen LogP contribution in [0.1, 0.15) is 31.4 Å². The minimum atomic E-state index is -0.962. The average molecular weight is 824 g/mol. The standard InChI is InChI=1S/C30H38F2I2N5O4/c1-5-30(18-34-8-7-33)20(17-37-9-11-43-12-10-37)13-21-26-19(15-35-28(21)36-30)16-39(29(40)38(26)6-2)27-24(31)22(41-3)14-23(42-4)25(27)32/h13-15H,5-12,16-18H2,1-4H3,(H,35,36)/q-1. The fourth-order valence-corrected chi connectivity index (χ4v) is 10.7. The number of anilines is 3. The van der Waals surface area contributed by atoms with Crippen LogP contribution in [0.15, 0.2) is 17.8 Å². The van der Waals surface area contributed by atoms with E-state index in [9.17, 15) is 4.79 Å². The second kappa shape index (κ2) is 14.0. The molecule has 4 heterocycles. The van der Waals surface area contributed by atoms with E-state index >= 15 is 8.78 Å². The number of benzene rings is 1. The molecule has 1 aromatic carbocycles. The van der Waals surface area contributed by atoms with Gasteiger partial charge in [0.1, 0.15) is 0 Å². The molecule has 1 unspecified atom stereocenters. The van der Waals surface area contributed by atoms with Gasteiger partial charge in [0.2, 0.25) is 0 Å². The zero-order chi connectivity index (χ0) is 30.7. The van der Waals surface area contributed by atoms with Crippen LogP contribution in [0.2, 0.25) is 0 Å². The molecule has 0 aliphatic carbocycles. The van der Waals surface area contributed by atoms with E-state index in [2.05, 4.69) is 45.8 Å². The van der Waals surface area contributed by atoms with Crippen molar-refractivity contribution in [1.82, 2.24) is 9.88 Å². The molecule has 1 saturated heterocycles. The third kappa shape index (κ3) is 6.15. The van der Waals surface area contributed by atoms with Crippen molar-refractivity contribution in [2.24, 2.45) is 0 Å². The third-order valence-electron chi connectivity index (χ3n) is 8.28. The number of nitrogens with one attached hydrogen (secondary N) is 1. The van der Waals surface area contributed by atoms with E-state index in [1.54, 1.807) is 11.1 Å². The molecule has 43 heavy (non-hydrogen) atoms. The van der Waals surface area contributed by atoms with Gasteiger partial charge < -0.3 is 9.47 Å². The van der Waals surface area contributed by atoms with Gasteiger partial charge in [-0.2, -0.15) is 0 Å². The molecule has 13 heteroatoms. The molecule has 3 aliphatic rings. The number of alkyl halides is 3. The number of morpholine rings is 1. The Morgan fingerprint density at radius 1 is 1.14 bits per heavy atom. The fourth-order valence-electron chi connectivity index (χ4n) is 5.91. The molecule has 5 rings (SSSR count). The summed E-state index contributed by atoms with van der Waals surface area (Å²) >= 11 is 2.43. The third-order valence-corrected chi connectivity index (χ3v) is 14.0. The SMILES string of the molecule is CCN1C(=O)N(c2c(F)c(OC)cc(OC)c2F)Cc2cnc3c(c21)C=C(CN1CCOCC1)C(CC)(C[I-]CCI)N3. The van der Waals surface area contributed by atoms with Gasteiger partial charge in [-0.1, -0.05) is 0 Å². The van der Waals surface area contributed by atoms with E-state index in [0.29, 0.717) is 25.3 Å². The Morgan fingerprint density at radius 3 is 2.44 bits per heavy atom. The number of urea groups is 1. The van der Waals surface area contributed by atoms with E-state index in [4.69, 9.17) is 19.2 Å². The first-order valence-corrected chi connectivity index (χ1v) is 19.0. The molecule has 0 saturated carbocycles. The molecule has 0 radical (unpaired) electrons. The predicted molar refractivity (Wildman–Crippen MR) is 169 cm³/mol. The molecule has 9 nitrogen and oxygen atoms in total. The van der Waals surface area contributed by atoms with E-state index in [-0.39, 0.29) is 44.8 Å². The van der Waals surface area contributed by atoms with E-state index in [1.807, 2.05) is 6.92 Å². The first kappa shape index (κ1) is 32.4. The van der Waals surface area contributed by atoms with Crippen LogP contribution in [0.4, 0.5) is 30.8 Å². The van der Waals surface area contributed by atoms with Crippen molar-refractivity contribution in [3.63, 3.8) is 0 Å². The first-order valence-electron chi connectivity index (χ1n) is 14.4. The molecular weight excluding hydrogens is 786 g/mol. The maximum atomic E-state index is 15.5. The molecule has 0 bridgehead atoms.